The number of hydrogen-bond donors (Lipinski definition) is 1. The molecule has 1 saturated carbocycles. The van der Waals surface area contributed by atoms with Gasteiger partial charge in [0.2, 0.25) is 0 Å². The van der Waals surface area contributed by atoms with Crippen molar-refractivity contribution in [1.82, 2.24) is 5.32 Å². The van der Waals surface area contributed by atoms with Gasteiger partial charge in [0.05, 0.1) is 0 Å². The zero-order chi connectivity index (χ0) is 11.1. The molecule has 0 aliphatic heterocycles. The van der Waals surface area contributed by atoms with Crippen molar-refractivity contribution in [2.75, 3.05) is 18.1 Å². The summed E-state index contributed by atoms with van der Waals surface area (Å²) in [6.45, 7) is 9.65. The molecule has 1 N–H and O–H groups in total. The third-order valence-electron chi connectivity index (χ3n) is 3.11. The van der Waals surface area contributed by atoms with Gasteiger partial charge in [0.1, 0.15) is 0 Å². The first-order valence-corrected chi connectivity index (χ1v) is 7.30. The van der Waals surface area contributed by atoms with Gasteiger partial charge < -0.3 is 5.32 Å². The summed E-state index contributed by atoms with van der Waals surface area (Å²) >= 11 is 2.04. The Kier molecular flexibility index (Phi) is 5.77. The average Bonchev–Trinajstić information content (AvgIpc) is 3.06. The van der Waals surface area contributed by atoms with Crippen LogP contribution in [-0.2, 0) is 0 Å². The summed E-state index contributed by atoms with van der Waals surface area (Å²) in [4.78, 5) is 0. The predicted octanol–water partition coefficient (Wildman–Crippen LogP) is 3.46. The summed E-state index contributed by atoms with van der Waals surface area (Å²) in [6.07, 6.45) is 7.47. The standard InChI is InChI=1S/C13H25NS/c1-4-13(3,9-6-10-15-5-2)11-14-12-7-8-12/h4,12,14H,1,5-11H2,2-3H3. The van der Waals surface area contributed by atoms with E-state index in [1.54, 1.807) is 0 Å². The van der Waals surface area contributed by atoms with E-state index in [4.69, 9.17) is 0 Å². The van der Waals surface area contributed by atoms with E-state index in [1.807, 2.05) is 11.8 Å². The molecule has 1 atom stereocenters. The molecule has 1 fully saturated rings. The SMILES string of the molecule is C=CC(C)(CCCSCC)CNC1CC1. The molecule has 0 saturated heterocycles. The molecule has 0 heterocycles. The Hall–Kier alpha value is 0.0500. The lowest BCUT2D eigenvalue weighted by Crippen LogP contribution is -2.31. The zero-order valence-electron chi connectivity index (χ0n) is 10.2. The van der Waals surface area contributed by atoms with Gasteiger partial charge >= 0.3 is 0 Å². The van der Waals surface area contributed by atoms with Crippen LogP contribution in [0.3, 0.4) is 0 Å². The fourth-order valence-electron chi connectivity index (χ4n) is 1.65. The van der Waals surface area contributed by atoms with Gasteiger partial charge in [0.25, 0.3) is 0 Å². The van der Waals surface area contributed by atoms with Crippen molar-refractivity contribution < 1.29 is 0 Å². The maximum absolute atomic E-state index is 3.98. The Balaban J connectivity index is 2.14. The Morgan fingerprint density at radius 2 is 2.27 bits per heavy atom. The van der Waals surface area contributed by atoms with Crippen LogP contribution in [0.5, 0.6) is 0 Å². The highest BCUT2D eigenvalue weighted by molar-refractivity contribution is 7.99. The molecule has 0 aromatic carbocycles. The van der Waals surface area contributed by atoms with Crippen LogP contribution in [-0.4, -0.2) is 24.1 Å². The van der Waals surface area contributed by atoms with Gasteiger partial charge in [-0.1, -0.05) is 19.9 Å². The molecule has 1 aliphatic rings. The van der Waals surface area contributed by atoms with E-state index >= 15 is 0 Å². The Morgan fingerprint density at radius 1 is 1.53 bits per heavy atom. The molecule has 1 unspecified atom stereocenters. The molecular weight excluding hydrogens is 202 g/mol. The Labute approximate surface area is 99.1 Å². The number of rotatable bonds is 9. The highest BCUT2D eigenvalue weighted by Gasteiger charge is 2.25. The van der Waals surface area contributed by atoms with Gasteiger partial charge in [-0.15, -0.1) is 6.58 Å². The molecule has 88 valence electrons. The highest BCUT2D eigenvalue weighted by atomic mass is 32.2. The van der Waals surface area contributed by atoms with Crippen LogP contribution >= 0.6 is 11.8 Å². The van der Waals surface area contributed by atoms with E-state index in [2.05, 4.69) is 31.8 Å². The van der Waals surface area contributed by atoms with Crippen LogP contribution < -0.4 is 5.32 Å². The fraction of sp³-hybridized carbons (Fsp3) is 0.846. The van der Waals surface area contributed by atoms with Crippen molar-refractivity contribution in [1.29, 1.82) is 0 Å². The van der Waals surface area contributed by atoms with Crippen molar-refractivity contribution in [3.63, 3.8) is 0 Å². The van der Waals surface area contributed by atoms with Gasteiger partial charge in [0, 0.05) is 12.6 Å². The first-order valence-electron chi connectivity index (χ1n) is 6.15. The van der Waals surface area contributed by atoms with E-state index in [0.29, 0.717) is 5.41 Å². The number of hydrogen-bond acceptors (Lipinski definition) is 2. The maximum atomic E-state index is 3.98. The smallest absolute Gasteiger partial charge is 0.00685 e. The lowest BCUT2D eigenvalue weighted by Gasteiger charge is -2.26. The maximum Gasteiger partial charge on any atom is 0.00685 e. The molecule has 0 spiro atoms. The second-order valence-corrected chi connectivity index (χ2v) is 6.21. The summed E-state index contributed by atoms with van der Waals surface area (Å²) < 4.78 is 0. The minimum absolute atomic E-state index is 0.302. The molecule has 0 aromatic heterocycles. The van der Waals surface area contributed by atoms with E-state index in [9.17, 15) is 0 Å². The minimum atomic E-state index is 0.302. The first kappa shape index (κ1) is 13.1. The normalized spacial score (nSPS) is 19.9. The first-order chi connectivity index (χ1) is 7.20. The summed E-state index contributed by atoms with van der Waals surface area (Å²) in [6, 6.07) is 0.814. The number of thioether (sulfide) groups is 1. The molecule has 2 heteroatoms. The van der Waals surface area contributed by atoms with Crippen molar-refractivity contribution in [3.8, 4) is 0 Å². The summed E-state index contributed by atoms with van der Waals surface area (Å²) in [7, 11) is 0. The van der Waals surface area contributed by atoms with E-state index in [-0.39, 0.29) is 0 Å². The predicted molar refractivity (Wildman–Crippen MR) is 71.6 cm³/mol. The van der Waals surface area contributed by atoms with Crippen LogP contribution in [0.2, 0.25) is 0 Å². The van der Waals surface area contributed by atoms with Crippen LogP contribution in [0.1, 0.15) is 39.5 Å². The Bertz CT molecular complexity index is 189. The molecule has 0 bridgehead atoms. The van der Waals surface area contributed by atoms with Gasteiger partial charge in [-0.3, -0.25) is 0 Å². The molecular formula is C13H25NS. The van der Waals surface area contributed by atoms with E-state index in [0.717, 1.165) is 12.6 Å². The lowest BCUT2D eigenvalue weighted by molar-refractivity contribution is 0.360. The van der Waals surface area contributed by atoms with Crippen molar-refractivity contribution in [3.05, 3.63) is 12.7 Å². The van der Waals surface area contributed by atoms with Crippen LogP contribution in [0.15, 0.2) is 12.7 Å². The monoisotopic (exact) mass is 227 g/mol. The summed E-state index contributed by atoms with van der Waals surface area (Å²) in [5.74, 6) is 2.54. The van der Waals surface area contributed by atoms with Crippen LogP contribution in [0, 0.1) is 5.41 Å². The van der Waals surface area contributed by atoms with E-state index < -0.39 is 0 Å². The third kappa shape index (κ3) is 5.62. The van der Waals surface area contributed by atoms with Crippen molar-refractivity contribution in [2.24, 2.45) is 5.41 Å². The zero-order valence-corrected chi connectivity index (χ0v) is 11.0. The lowest BCUT2D eigenvalue weighted by atomic mass is 9.86. The molecule has 0 aromatic rings. The van der Waals surface area contributed by atoms with Gasteiger partial charge in [0.15, 0.2) is 0 Å². The van der Waals surface area contributed by atoms with Gasteiger partial charge in [-0.25, -0.2) is 0 Å². The second-order valence-electron chi connectivity index (χ2n) is 4.81. The molecule has 1 aliphatic carbocycles. The van der Waals surface area contributed by atoms with Crippen molar-refractivity contribution >= 4 is 11.8 Å². The van der Waals surface area contributed by atoms with Crippen LogP contribution in [0.25, 0.3) is 0 Å². The molecule has 1 rings (SSSR count). The third-order valence-corrected chi connectivity index (χ3v) is 4.09. The largest absolute Gasteiger partial charge is 0.313 e. The quantitative estimate of drug-likeness (QED) is 0.478. The molecule has 15 heavy (non-hydrogen) atoms. The second kappa shape index (κ2) is 6.59. The molecule has 0 radical (unpaired) electrons. The number of nitrogens with one attached hydrogen (secondary N) is 1. The topological polar surface area (TPSA) is 12.0 Å². The van der Waals surface area contributed by atoms with Crippen molar-refractivity contribution in [2.45, 2.75) is 45.6 Å². The average molecular weight is 227 g/mol. The Morgan fingerprint density at radius 3 is 2.80 bits per heavy atom. The molecule has 1 nitrogen and oxygen atoms in total. The summed E-state index contributed by atoms with van der Waals surface area (Å²) in [5.41, 5.74) is 0.302. The van der Waals surface area contributed by atoms with Gasteiger partial charge in [-0.2, -0.15) is 11.8 Å². The minimum Gasteiger partial charge on any atom is -0.313 e. The fourth-order valence-corrected chi connectivity index (χ4v) is 2.29. The summed E-state index contributed by atoms with van der Waals surface area (Å²) in [5, 5.41) is 3.61. The molecule has 0 amide bonds. The van der Waals surface area contributed by atoms with Gasteiger partial charge in [-0.05, 0) is 42.6 Å². The highest BCUT2D eigenvalue weighted by Crippen LogP contribution is 2.27. The van der Waals surface area contributed by atoms with E-state index in [1.165, 1.54) is 37.2 Å². The van der Waals surface area contributed by atoms with Crippen LogP contribution in [0.4, 0.5) is 0 Å².